The summed E-state index contributed by atoms with van der Waals surface area (Å²) >= 11 is 0. The number of rotatable bonds is 14. The van der Waals surface area contributed by atoms with E-state index in [1.54, 1.807) is 6.08 Å². The molecule has 1 heterocycles. The third-order valence-corrected chi connectivity index (χ3v) is 5.69. The Hall–Kier alpha value is -2.30. The van der Waals surface area contributed by atoms with Gasteiger partial charge in [-0.2, -0.15) is 0 Å². The van der Waals surface area contributed by atoms with Crippen molar-refractivity contribution in [1.82, 2.24) is 10.6 Å². The summed E-state index contributed by atoms with van der Waals surface area (Å²) < 4.78 is 22.4. The summed E-state index contributed by atoms with van der Waals surface area (Å²) in [7, 11) is 2.86. The van der Waals surface area contributed by atoms with Crippen LogP contribution in [0.4, 0.5) is 0 Å². The van der Waals surface area contributed by atoms with Crippen molar-refractivity contribution in [1.29, 1.82) is 0 Å². The van der Waals surface area contributed by atoms with Crippen molar-refractivity contribution in [2.45, 2.75) is 70.2 Å². The number of ether oxygens (including phenoxy) is 4. The zero-order valence-corrected chi connectivity index (χ0v) is 21.1. The molecule has 0 unspecified atom stereocenters. The molecular weight excluding hydrogens is 452 g/mol. The van der Waals surface area contributed by atoms with Gasteiger partial charge in [0.15, 0.2) is 6.10 Å². The Kier molecular flexibility index (Phi) is 12.9. The summed E-state index contributed by atoms with van der Waals surface area (Å²) in [5.41, 5.74) is 0.871. The number of aliphatic hydroxyl groups excluding tert-OH is 1. The van der Waals surface area contributed by atoms with Crippen LogP contribution in [0.15, 0.2) is 42.5 Å². The van der Waals surface area contributed by atoms with Crippen molar-refractivity contribution in [2.75, 3.05) is 27.6 Å². The predicted octanol–water partition coefficient (Wildman–Crippen LogP) is 1.93. The number of nitrogens with one attached hydrogen (secondary N) is 2. The second-order valence-corrected chi connectivity index (χ2v) is 8.92. The van der Waals surface area contributed by atoms with Gasteiger partial charge in [-0.15, -0.1) is 0 Å². The maximum absolute atomic E-state index is 13.3. The highest BCUT2D eigenvalue weighted by Crippen LogP contribution is 2.19. The lowest BCUT2D eigenvalue weighted by Gasteiger charge is -2.33. The molecule has 1 aromatic rings. The van der Waals surface area contributed by atoms with E-state index in [0.717, 1.165) is 18.4 Å². The van der Waals surface area contributed by atoms with Gasteiger partial charge in [0.05, 0.1) is 6.61 Å². The smallest absolute Gasteiger partial charge is 0.252 e. The fourth-order valence-corrected chi connectivity index (χ4v) is 3.79. The number of benzene rings is 1. The molecule has 0 radical (unpaired) electrons. The second-order valence-electron chi connectivity index (χ2n) is 8.92. The van der Waals surface area contributed by atoms with Crippen LogP contribution in [0.5, 0.6) is 0 Å². The molecule has 0 aromatic heterocycles. The van der Waals surface area contributed by atoms with Crippen LogP contribution in [0.2, 0.25) is 0 Å². The van der Waals surface area contributed by atoms with E-state index in [2.05, 4.69) is 10.6 Å². The van der Waals surface area contributed by atoms with Gasteiger partial charge in [0.25, 0.3) is 5.91 Å². The minimum atomic E-state index is -1.26. The molecule has 0 bridgehead atoms. The van der Waals surface area contributed by atoms with Gasteiger partial charge in [-0.3, -0.25) is 9.59 Å². The lowest BCUT2D eigenvalue weighted by molar-refractivity contribution is -0.175. The Bertz CT molecular complexity index is 787. The van der Waals surface area contributed by atoms with Crippen LogP contribution in [0.3, 0.4) is 0 Å². The van der Waals surface area contributed by atoms with Crippen molar-refractivity contribution < 1.29 is 33.6 Å². The van der Waals surface area contributed by atoms with Crippen molar-refractivity contribution >= 4 is 11.8 Å². The molecule has 2 amide bonds. The van der Waals surface area contributed by atoms with Gasteiger partial charge in [0.2, 0.25) is 5.91 Å². The third kappa shape index (κ3) is 9.70. The minimum absolute atomic E-state index is 0.0539. The van der Waals surface area contributed by atoms with Crippen molar-refractivity contribution in [2.24, 2.45) is 5.92 Å². The molecule has 3 N–H and O–H groups in total. The van der Waals surface area contributed by atoms with Crippen molar-refractivity contribution in [3.63, 3.8) is 0 Å². The van der Waals surface area contributed by atoms with Gasteiger partial charge >= 0.3 is 0 Å². The van der Waals surface area contributed by atoms with Crippen LogP contribution < -0.4 is 10.6 Å². The Morgan fingerprint density at radius 3 is 2.57 bits per heavy atom. The fraction of sp³-hybridized carbons (Fsp3) is 0.615. The Balaban J connectivity index is 2.27. The van der Waals surface area contributed by atoms with Gasteiger partial charge in [-0.25, -0.2) is 0 Å². The van der Waals surface area contributed by atoms with Crippen LogP contribution in [-0.2, 0) is 35.1 Å². The monoisotopic (exact) mass is 492 g/mol. The van der Waals surface area contributed by atoms with Gasteiger partial charge in [-0.1, -0.05) is 56.3 Å². The number of aliphatic hydroxyl groups is 1. The molecule has 5 atom stereocenters. The molecule has 1 aliphatic rings. The molecule has 9 heteroatoms. The average molecular weight is 493 g/mol. The molecular formula is C26H40N2O7. The highest BCUT2D eigenvalue weighted by Gasteiger charge is 2.40. The molecule has 1 fully saturated rings. The van der Waals surface area contributed by atoms with E-state index in [-0.39, 0.29) is 25.2 Å². The minimum Gasteiger partial charge on any atom is -0.387 e. The lowest BCUT2D eigenvalue weighted by Crippen LogP contribution is -2.56. The van der Waals surface area contributed by atoms with E-state index in [4.69, 9.17) is 18.9 Å². The molecule has 2 rings (SSSR count). The van der Waals surface area contributed by atoms with Crippen LogP contribution in [0, 0.1) is 5.92 Å². The van der Waals surface area contributed by atoms with Crippen molar-refractivity contribution in [3.05, 3.63) is 48.0 Å². The van der Waals surface area contributed by atoms with E-state index in [9.17, 15) is 14.7 Å². The Labute approximate surface area is 208 Å². The number of amides is 2. The first kappa shape index (κ1) is 28.9. The average Bonchev–Trinajstić information content (AvgIpc) is 3.05. The normalized spacial score (nSPS) is 20.2. The van der Waals surface area contributed by atoms with Crippen LogP contribution in [0.1, 0.15) is 38.7 Å². The summed E-state index contributed by atoms with van der Waals surface area (Å²) in [5, 5.41) is 16.9. The van der Waals surface area contributed by atoms with Crippen molar-refractivity contribution in [3.8, 4) is 0 Å². The highest BCUT2D eigenvalue weighted by atomic mass is 16.7. The van der Waals surface area contributed by atoms with Gasteiger partial charge in [-0.05, 0) is 30.7 Å². The van der Waals surface area contributed by atoms with Gasteiger partial charge < -0.3 is 34.7 Å². The van der Waals surface area contributed by atoms with Gasteiger partial charge in [0, 0.05) is 20.8 Å². The number of carbonyl (C=O) groups is 2. The lowest BCUT2D eigenvalue weighted by atomic mass is 9.99. The molecule has 1 aromatic carbocycles. The fourth-order valence-electron chi connectivity index (χ4n) is 3.79. The standard InChI is InChI=1S/C26H40N2O7/c1-18(2)13-14-21(35-17-32-3)22(29)23(34-16-19-10-6-5-7-11-19)24(33-4)26(31)28-20-12-8-9-15-27-25(20)30/h5-7,10-11,13-14,18,20-24,29H,8-9,12,15-17H2,1-4H3,(H,27,30)(H,28,31)/b14-13+/t20-,21+,22-,23+,24+/m0/s1. The zero-order valence-electron chi connectivity index (χ0n) is 21.1. The molecule has 1 saturated heterocycles. The van der Waals surface area contributed by atoms with Crippen LogP contribution in [0.25, 0.3) is 0 Å². The summed E-state index contributed by atoms with van der Waals surface area (Å²) in [5.74, 6) is -0.547. The van der Waals surface area contributed by atoms with Crippen LogP contribution >= 0.6 is 0 Å². The van der Waals surface area contributed by atoms with Gasteiger partial charge in [0.1, 0.15) is 31.1 Å². The highest BCUT2D eigenvalue weighted by molar-refractivity contribution is 5.89. The SMILES string of the molecule is COCO[C@H](/C=C/C(C)C)[C@H](O)[C@@H](OCc1ccccc1)[C@@H](OC)C(=O)N[C@H]1CCCCNC1=O. The first-order valence-electron chi connectivity index (χ1n) is 12.1. The number of methoxy groups -OCH3 is 2. The molecule has 1 aliphatic heterocycles. The van der Waals surface area contributed by atoms with Crippen LogP contribution in [-0.4, -0.2) is 74.9 Å². The van der Waals surface area contributed by atoms with E-state index < -0.39 is 36.4 Å². The molecule has 0 saturated carbocycles. The molecule has 0 aliphatic carbocycles. The largest absolute Gasteiger partial charge is 0.387 e. The number of allylic oxidation sites excluding steroid dienone is 1. The zero-order chi connectivity index (χ0) is 25.6. The predicted molar refractivity (Wildman–Crippen MR) is 131 cm³/mol. The molecule has 9 nitrogen and oxygen atoms in total. The number of hydrogen-bond donors (Lipinski definition) is 3. The first-order chi connectivity index (χ1) is 16.9. The molecule has 196 valence electrons. The maximum Gasteiger partial charge on any atom is 0.252 e. The Morgan fingerprint density at radius 1 is 1.17 bits per heavy atom. The van der Waals surface area contributed by atoms with E-state index in [1.807, 2.05) is 50.3 Å². The Morgan fingerprint density at radius 2 is 1.91 bits per heavy atom. The quantitative estimate of drug-likeness (QED) is 0.269. The molecule has 0 spiro atoms. The number of hydrogen-bond acceptors (Lipinski definition) is 7. The second kappa shape index (κ2) is 15.6. The summed E-state index contributed by atoms with van der Waals surface area (Å²) in [4.78, 5) is 25.6. The molecule has 35 heavy (non-hydrogen) atoms. The summed E-state index contributed by atoms with van der Waals surface area (Å²) in [6.07, 6.45) is 1.47. The first-order valence-corrected chi connectivity index (χ1v) is 12.1. The van der Waals surface area contributed by atoms with E-state index in [1.165, 1.54) is 14.2 Å². The summed E-state index contributed by atoms with van der Waals surface area (Å²) in [6, 6.07) is 8.76. The van der Waals surface area contributed by atoms with E-state index >= 15 is 0 Å². The number of carbonyl (C=O) groups excluding carboxylic acids is 2. The van der Waals surface area contributed by atoms with E-state index in [0.29, 0.717) is 13.0 Å². The topological polar surface area (TPSA) is 115 Å². The maximum atomic E-state index is 13.3. The summed E-state index contributed by atoms with van der Waals surface area (Å²) in [6.45, 7) is 4.68. The third-order valence-electron chi connectivity index (χ3n) is 5.69.